The minimum Gasteiger partial charge on any atom is -0.450 e. The van der Waals surface area contributed by atoms with Crippen molar-refractivity contribution in [3.63, 3.8) is 0 Å². The third-order valence-electron chi connectivity index (χ3n) is 12.5. The SMILES string of the molecule is CCCCCCCCC(C)CCC[C@@H](C)[C@H]1CC[C@H]2[C@@H]3CC=C4C[C@@H](OC(=O)O)CC[C@]4(C)[C@H]3CC[C@]12C. The summed E-state index contributed by atoms with van der Waals surface area (Å²) in [5.41, 5.74) is 2.30. The van der Waals surface area contributed by atoms with Crippen molar-refractivity contribution in [2.75, 3.05) is 0 Å². The van der Waals surface area contributed by atoms with E-state index in [1.807, 2.05) is 0 Å². The normalized spacial score (nSPS) is 37.9. The Bertz CT molecular complexity index is 803. The van der Waals surface area contributed by atoms with Crippen LogP contribution in [0.4, 0.5) is 4.79 Å². The van der Waals surface area contributed by atoms with Gasteiger partial charge in [-0.15, -0.1) is 0 Å². The highest BCUT2D eigenvalue weighted by molar-refractivity contribution is 5.57. The van der Waals surface area contributed by atoms with Gasteiger partial charge in [0, 0.05) is 6.42 Å². The fraction of sp³-hybridized carbons (Fsp3) is 0.914. The van der Waals surface area contributed by atoms with Crippen LogP contribution in [0.3, 0.4) is 0 Å². The second-order valence-electron chi connectivity index (χ2n) is 14.8. The van der Waals surface area contributed by atoms with Crippen LogP contribution in [-0.4, -0.2) is 17.4 Å². The number of carbonyl (C=O) groups is 1. The van der Waals surface area contributed by atoms with Crippen molar-refractivity contribution in [1.29, 1.82) is 0 Å². The van der Waals surface area contributed by atoms with Gasteiger partial charge in [-0.25, -0.2) is 4.79 Å². The fourth-order valence-corrected chi connectivity index (χ4v) is 10.3. The zero-order chi connectivity index (χ0) is 27.3. The third kappa shape index (κ3) is 6.49. The number of rotatable bonds is 13. The van der Waals surface area contributed by atoms with E-state index < -0.39 is 6.16 Å². The van der Waals surface area contributed by atoms with E-state index in [4.69, 9.17) is 9.84 Å². The number of hydrogen-bond donors (Lipinski definition) is 1. The predicted octanol–water partition coefficient (Wildman–Crippen LogP) is 10.8. The van der Waals surface area contributed by atoms with E-state index in [0.29, 0.717) is 5.41 Å². The Kier molecular flexibility index (Phi) is 10.3. The molecule has 0 bridgehead atoms. The lowest BCUT2D eigenvalue weighted by molar-refractivity contribution is -0.0601. The van der Waals surface area contributed by atoms with Gasteiger partial charge in [0.15, 0.2) is 0 Å². The Balaban J connectivity index is 1.27. The molecule has 0 aromatic rings. The summed E-state index contributed by atoms with van der Waals surface area (Å²) in [6.45, 7) is 12.6. The minimum atomic E-state index is -1.11. The molecule has 0 aromatic heterocycles. The van der Waals surface area contributed by atoms with Crippen LogP contribution in [0.1, 0.15) is 150 Å². The summed E-state index contributed by atoms with van der Waals surface area (Å²) in [7, 11) is 0. The van der Waals surface area contributed by atoms with Crippen LogP contribution in [0.25, 0.3) is 0 Å². The van der Waals surface area contributed by atoms with Crippen molar-refractivity contribution in [2.45, 2.75) is 156 Å². The van der Waals surface area contributed by atoms with Crippen molar-refractivity contribution in [1.82, 2.24) is 0 Å². The molecule has 0 radical (unpaired) electrons. The maximum Gasteiger partial charge on any atom is 0.506 e. The first kappa shape index (κ1) is 30.0. The van der Waals surface area contributed by atoms with Crippen molar-refractivity contribution in [2.24, 2.45) is 46.3 Å². The first-order valence-electron chi connectivity index (χ1n) is 16.8. The molecule has 1 N–H and O–H groups in total. The summed E-state index contributed by atoms with van der Waals surface area (Å²) in [6, 6.07) is 0. The Morgan fingerprint density at radius 3 is 2.45 bits per heavy atom. The number of ether oxygens (including phenoxy) is 1. The maximum absolute atomic E-state index is 11.1. The van der Waals surface area contributed by atoms with Gasteiger partial charge in [0.1, 0.15) is 6.10 Å². The molecule has 0 amide bonds. The van der Waals surface area contributed by atoms with Gasteiger partial charge in [-0.05, 0) is 91.3 Å². The van der Waals surface area contributed by atoms with Crippen LogP contribution in [-0.2, 0) is 4.74 Å². The van der Waals surface area contributed by atoms with E-state index in [0.717, 1.165) is 54.8 Å². The number of carboxylic acid groups (broad SMARTS) is 1. The van der Waals surface area contributed by atoms with Gasteiger partial charge in [0.05, 0.1) is 0 Å². The van der Waals surface area contributed by atoms with Crippen molar-refractivity contribution in [3.05, 3.63) is 11.6 Å². The molecule has 3 heteroatoms. The van der Waals surface area contributed by atoms with E-state index in [2.05, 4.69) is 40.7 Å². The van der Waals surface area contributed by atoms with Gasteiger partial charge in [-0.3, -0.25) is 0 Å². The van der Waals surface area contributed by atoms with Crippen LogP contribution < -0.4 is 0 Å². The molecule has 38 heavy (non-hydrogen) atoms. The Morgan fingerprint density at radius 2 is 1.68 bits per heavy atom. The summed E-state index contributed by atoms with van der Waals surface area (Å²) >= 11 is 0. The first-order valence-corrected chi connectivity index (χ1v) is 16.8. The molecule has 0 heterocycles. The largest absolute Gasteiger partial charge is 0.506 e. The van der Waals surface area contributed by atoms with E-state index in [1.54, 1.807) is 0 Å². The van der Waals surface area contributed by atoms with Crippen LogP contribution in [0, 0.1) is 46.3 Å². The first-order chi connectivity index (χ1) is 18.2. The van der Waals surface area contributed by atoms with Crippen LogP contribution in [0.5, 0.6) is 0 Å². The van der Waals surface area contributed by atoms with E-state index in [9.17, 15) is 4.79 Å². The molecule has 0 aliphatic heterocycles. The summed E-state index contributed by atoms with van der Waals surface area (Å²) in [6.07, 6.45) is 25.2. The molecular weight excluding hydrogens is 468 g/mol. The third-order valence-corrected chi connectivity index (χ3v) is 12.5. The van der Waals surface area contributed by atoms with Crippen molar-refractivity contribution in [3.8, 4) is 0 Å². The number of unbranched alkanes of at least 4 members (excludes halogenated alkanes) is 5. The standard InChI is InChI=1S/C35H60O3/c1-6-7-8-9-10-11-13-25(2)14-12-15-26(3)30-18-19-31-29-17-16-27-24-28(38-33(36)37)20-22-34(27,4)32(29)21-23-35(30,31)5/h16,25-26,28-32H,6-15,17-24H2,1-5H3,(H,36,37)/t25?,26-,28+,29+,30-,31+,32+,34+,35-/m1/s1. The average Bonchev–Trinajstić information content (AvgIpc) is 3.23. The lowest BCUT2D eigenvalue weighted by Crippen LogP contribution is -2.51. The molecule has 3 saturated carbocycles. The van der Waals surface area contributed by atoms with Gasteiger partial charge in [-0.2, -0.15) is 0 Å². The molecule has 3 fully saturated rings. The lowest BCUT2D eigenvalue weighted by Gasteiger charge is -2.58. The number of hydrogen-bond acceptors (Lipinski definition) is 2. The summed E-state index contributed by atoms with van der Waals surface area (Å²) in [4.78, 5) is 11.1. The highest BCUT2D eigenvalue weighted by Gasteiger charge is 2.59. The molecule has 1 unspecified atom stereocenters. The summed E-state index contributed by atoms with van der Waals surface area (Å²) in [5, 5.41) is 9.12. The zero-order valence-electron chi connectivity index (χ0n) is 25.6. The summed E-state index contributed by atoms with van der Waals surface area (Å²) in [5.74, 6) is 5.15. The average molecular weight is 529 g/mol. The zero-order valence-corrected chi connectivity index (χ0v) is 25.6. The fourth-order valence-electron chi connectivity index (χ4n) is 10.3. The molecular formula is C35H60O3. The molecule has 0 saturated heterocycles. The van der Waals surface area contributed by atoms with Gasteiger partial charge in [0.25, 0.3) is 0 Å². The van der Waals surface area contributed by atoms with Crippen molar-refractivity contribution >= 4 is 6.16 Å². The minimum absolute atomic E-state index is 0.137. The predicted molar refractivity (Wildman–Crippen MR) is 158 cm³/mol. The Labute approximate surface area is 235 Å². The molecule has 0 spiro atoms. The van der Waals surface area contributed by atoms with Crippen LogP contribution in [0.2, 0.25) is 0 Å². The summed E-state index contributed by atoms with van der Waals surface area (Å²) < 4.78 is 5.21. The van der Waals surface area contributed by atoms with Gasteiger partial charge in [0.2, 0.25) is 0 Å². The van der Waals surface area contributed by atoms with Gasteiger partial charge in [-0.1, -0.05) is 110 Å². The highest BCUT2D eigenvalue weighted by atomic mass is 16.7. The molecule has 3 nitrogen and oxygen atoms in total. The topological polar surface area (TPSA) is 46.5 Å². The lowest BCUT2D eigenvalue weighted by atomic mass is 9.47. The second-order valence-corrected chi connectivity index (χ2v) is 14.8. The molecule has 9 atom stereocenters. The Hall–Kier alpha value is -0.990. The molecule has 4 aliphatic rings. The quantitative estimate of drug-likeness (QED) is 0.147. The molecule has 0 aromatic carbocycles. The van der Waals surface area contributed by atoms with E-state index in [-0.39, 0.29) is 11.5 Å². The van der Waals surface area contributed by atoms with Gasteiger partial charge < -0.3 is 9.84 Å². The molecule has 4 aliphatic carbocycles. The number of fused-ring (bicyclic) bond motifs is 5. The van der Waals surface area contributed by atoms with E-state index >= 15 is 0 Å². The smallest absolute Gasteiger partial charge is 0.450 e. The monoisotopic (exact) mass is 528 g/mol. The second kappa shape index (κ2) is 13.1. The maximum atomic E-state index is 11.1. The number of allylic oxidation sites excluding steroid dienone is 1. The highest BCUT2D eigenvalue weighted by Crippen LogP contribution is 2.67. The molecule has 4 rings (SSSR count). The van der Waals surface area contributed by atoms with E-state index in [1.165, 1.54) is 102 Å². The van der Waals surface area contributed by atoms with Gasteiger partial charge >= 0.3 is 6.16 Å². The Morgan fingerprint density at radius 1 is 0.947 bits per heavy atom. The van der Waals surface area contributed by atoms with Crippen LogP contribution in [0.15, 0.2) is 11.6 Å². The van der Waals surface area contributed by atoms with Crippen molar-refractivity contribution < 1.29 is 14.6 Å². The van der Waals surface area contributed by atoms with Crippen LogP contribution >= 0.6 is 0 Å². The molecule has 218 valence electrons.